The van der Waals surface area contributed by atoms with Gasteiger partial charge < -0.3 is 14.2 Å². The number of halogens is 2. The molecule has 1 aromatic rings. The van der Waals surface area contributed by atoms with E-state index in [9.17, 15) is 13.6 Å². The minimum Gasteiger partial charge on any atom is -0.493 e. The third kappa shape index (κ3) is 2.16. The molecule has 1 aliphatic rings. The number of rotatable bonds is 3. The topological polar surface area (TPSA) is 44.8 Å². The van der Waals surface area contributed by atoms with E-state index in [-0.39, 0.29) is 11.3 Å². The molecule has 6 heteroatoms. The second kappa shape index (κ2) is 5.13. The van der Waals surface area contributed by atoms with Gasteiger partial charge in [-0.15, -0.1) is 0 Å². The summed E-state index contributed by atoms with van der Waals surface area (Å²) < 4.78 is 42.0. The van der Waals surface area contributed by atoms with Gasteiger partial charge in [0, 0.05) is 12.7 Å². The number of methoxy groups -OCH3 is 2. The first kappa shape index (κ1) is 13.7. The van der Waals surface area contributed by atoms with E-state index in [2.05, 4.69) is 0 Å². The van der Waals surface area contributed by atoms with Crippen molar-refractivity contribution in [3.8, 4) is 5.75 Å². The van der Waals surface area contributed by atoms with Crippen LogP contribution in [0.1, 0.15) is 18.4 Å². The quantitative estimate of drug-likeness (QED) is 0.790. The Bertz CT molecular complexity index is 504. The molecule has 0 radical (unpaired) electrons. The van der Waals surface area contributed by atoms with Crippen LogP contribution in [0.5, 0.6) is 5.75 Å². The molecule has 4 nitrogen and oxygen atoms in total. The van der Waals surface area contributed by atoms with Gasteiger partial charge in [0.25, 0.3) is 0 Å². The maximum atomic E-state index is 13.7. The van der Waals surface area contributed by atoms with Crippen LogP contribution in [-0.2, 0) is 14.3 Å². The van der Waals surface area contributed by atoms with Gasteiger partial charge in [0.1, 0.15) is 18.1 Å². The highest BCUT2D eigenvalue weighted by Gasteiger charge is 2.45. The smallest absolute Gasteiger partial charge is 0.316 e. The third-order valence-electron chi connectivity index (χ3n) is 3.24. The van der Waals surface area contributed by atoms with Gasteiger partial charge in [-0.05, 0) is 13.0 Å². The summed E-state index contributed by atoms with van der Waals surface area (Å²) in [6.45, 7) is 1.68. The van der Waals surface area contributed by atoms with Gasteiger partial charge in [-0.1, -0.05) is 6.07 Å². The fraction of sp³-hybridized carbons (Fsp3) is 0.462. The van der Waals surface area contributed by atoms with Crippen molar-refractivity contribution in [2.75, 3.05) is 14.2 Å². The van der Waals surface area contributed by atoms with Gasteiger partial charge in [0.05, 0.1) is 7.11 Å². The highest BCUT2D eigenvalue weighted by molar-refractivity contribution is 5.82. The van der Waals surface area contributed by atoms with Gasteiger partial charge in [-0.3, -0.25) is 4.79 Å². The summed E-state index contributed by atoms with van der Waals surface area (Å²) in [5.41, 5.74) is 0.225. The zero-order valence-corrected chi connectivity index (χ0v) is 10.8. The van der Waals surface area contributed by atoms with E-state index >= 15 is 0 Å². The zero-order valence-electron chi connectivity index (χ0n) is 10.8. The second-order valence-electron chi connectivity index (χ2n) is 4.30. The zero-order chi connectivity index (χ0) is 14.2. The van der Waals surface area contributed by atoms with Crippen LogP contribution < -0.4 is 4.74 Å². The molecular formula is C13H14F2O4. The summed E-state index contributed by atoms with van der Waals surface area (Å²) in [5.74, 6) is -3.82. The first-order valence-electron chi connectivity index (χ1n) is 5.76. The average molecular weight is 272 g/mol. The Morgan fingerprint density at radius 1 is 1.26 bits per heavy atom. The lowest BCUT2D eigenvalue weighted by atomic mass is 9.92. The fourth-order valence-corrected chi connectivity index (χ4v) is 2.36. The summed E-state index contributed by atoms with van der Waals surface area (Å²) in [6.07, 6.45) is -1.02. The number of benzene rings is 1. The Balaban J connectivity index is 2.52. The molecule has 0 N–H and O–H groups in total. The molecule has 0 aromatic heterocycles. The van der Waals surface area contributed by atoms with Crippen LogP contribution in [0, 0.1) is 11.6 Å². The number of hydrogen-bond donors (Lipinski definition) is 0. The fourth-order valence-electron chi connectivity index (χ4n) is 2.36. The number of carbonyl (C=O) groups excluding carboxylic acids is 1. The maximum absolute atomic E-state index is 13.7. The van der Waals surface area contributed by atoms with Gasteiger partial charge in [0.15, 0.2) is 11.6 Å². The minimum absolute atomic E-state index is 0.225. The molecule has 104 valence electrons. The van der Waals surface area contributed by atoms with Crippen molar-refractivity contribution in [2.24, 2.45) is 0 Å². The summed E-state index contributed by atoms with van der Waals surface area (Å²) in [7, 11) is 2.65. The first-order valence-corrected chi connectivity index (χ1v) is 5.76. The summed E-state index contributed by atoms with van der Waals surface area (Å²) in [5, 5.41) is 0. The van der Waals surface area contributed by atoms with Crippen LogP contribution in [0.15, 0.2) is 12.1 Å². The summed E-state index contributed by atoms with van der Waals surface area (Å²) in [4.78, 5) is 11.8. The van der Waals surface area contributed by atoms with Crippen LogP contribution in [-0.4, -0.2) is 32.4 Å². The standard InChI is InChI=1S/C13H14F2O4/c1-6-11(17-2)9(13(16)19-6)7-4-5-8(14)10(15)12(7)18-3/h4-6,9,11H,1-3H3/t6-,9+,11+/m0/s1. The number of esters is 1. The Labute approximate surface area is 109 Å². The van der Waals surface area contributed by atoms with Crippen LogP contribution in [0.2, 0.25) is 0 Å². The lowest BCUT2D eigenvalue weighted by Gasteiger charge is -2.19. The molecule has 0 saturated carbocycles. The maximum Gasteiger partial charge on any atom is 0.316 e. The molecule has 1 heterocycles. The number of cyclic esters (lactones) is 1. The van der Waals surface area contributed by atoms with Crippen molar-refractivity contribution in [3.63, 3.8) is 0 Å². The molecule has 1 saturated heterocycles. The van der Waals surface area contributed by atoms with Gasteiger partial charge >= 0.3 is 5.97 Å². The molecule has 0 spiro atoms. The van der Waals surface area contributed by atoms with E-state index in [4.69, 9.17) is 14.2 Å². The van der Waals surface area contributed by atoms with E-state index in [0.29, 0.717) is 0 Å². The van der Waals surface area contributed by atoms with Gasteiger partial charge in [-0.25, -0.2) is 4.39 Å². The van der Waals surface area contributed by atoms with E-state index in [1.807, 2.05) is 0 Å². The highest BCUT2D eigenvalue weighted by atomic mass is 19.2. The highest BCUT2D eigenvalue weighted by Crippen LogP contribution is 2.39. The lowest BCUT2D eigenvalue weighted by Crippen LogP contribution is -2.26. The lowest BCUT2D eigenvalue weighted by molar-refractivity contribution is -0.142. The molecule has 3 atom stereocenters. The van der Waals surface area contributed by atoms with Crippen LogP contribution in [0.4, 0.5) is 8.78 Å². The largest absolute Gasteiger partial charge is 0.493 e. The Morgan fingerprint density at radius 3 is 2.53 bits per heavy atom. The van der Waals surface area contributed by atoms with E-state index in [1.165, 1.54) is 20.3 Å². The van der Waals surface area contributed by atoms with Crippen molar-refractivity contribution in [1.82, 2.24) is 0 Å². The van der Waals surface area contributed by atoms with Crippen LogP contribution >= 0.6 is 0 Å². The molecule has 1 aromatic carbocycles. The second-order valence-corrected chi connectivity index (χ2v) is 4.30. The molecule has 2 rings (SSSR count). The van der Waals surface area contributed by atoms with Crippen molar-refractivity contribution in [1.29, 1.82) is 0 Å². The third-order valence-corrected chi connectivity index (χ3v) is 3.24. The molecule has 1 fully saturated rings. The summed E-state index contributed by atoms with van der Waals surface area (Å²) >= 11 is 0. The average Bonchev–Trinajstić information content (AvgIpc) is 2.66. The molecule has 0 bridgehead atoms. The molecular weight excluding hydrogens is 258 g/mol. The minimum atomic E-state index is -1.12. The predicted octanol–water partition coefficient (Wildman–Crippen LogP) is 2.02. The van der Waals surface area contributed by atoms with Crippen molar-refractivity contribution >= 4 is 5.97 Å². The van der Waals surface area contributed by atoms with Crippen LogP contribution in [0.3, 0.4) is 0 Å². The van der Waals surface area contributed by atoms with Crippen molar-refractivity contribution in [2.45, 2.75) is 25.0 Å². The Kier molecular flexibility index (Phi) is 3.71. The molecule has 0 aliphatic carbocycles. The number of carbonyl (C=O) groups is 1. The molecule has 0 amide bonds. The monoisotopic (exact) mass is 272 g/mol. The first-order chi connectivity index (χ1) is 9.01. The van der Waals surface area contributed by atoms with Gasteiger partial charge in [0.2, 0.25) is 5.82 Å². The number of ether oxygens (including phenoxy) is 3. The summed E-state index contributed by atoms with van der Waals surface area (Å²) in [6, 6.07) is 2.27. The Hall–Kier alpha value is -1.69. The molecule has 1 aliphatic heterocycles. The normalized spacial score (nSPS) is 26.4. The van der Waals surface area contributed by atoms with Crippen LogP contribution in [0.25, 0.3) is 0 Å². The molecule has 0 unspecified atom stereocenters. The van der Waals surface area contributed by atoms with E-state index < -0.39 is 35.7 Å². The predicted molar refractivity (Wildman–Crippen MR) is 62.0 cm³/mol. The van der Waals surface area contributed by atoms with Gasteiger partial charge in [-0.2, -0.15) is 4.39 Å². The molecule has 19 heavy (non-hydrogen) atoms. The SMILES string of the molecule is COc1c([C@H]2C(=O)O[C@@H](C)[C@H]2OC)ccc(F)c1F. The van der Waals surface area contributed by atoms with E-state index in [1.54, 1.807) is 6.92 Å². The van der Waals surface area contributed by atoms with E-state index in [0.717, 1.165) is 6.07 Å². The Morgan fingerprint density at radius 2 is 1.95 bits per heavy atom. The van der Waals surface area contributed by atoms with Crippen molar-refractivity contribution < 1.29 is 27.8 Å². The van der Waals surface area contributed by atoms with Crippen molar-refractivity contribution in [3.05, 3.63) is 29.3 Å². The number of hydrogen-bond acceptors (Lipinski definition) is 4.